The monoisotopic (exact) mass is 530 g/mol. The molecule has 2 atom stereocenters. The Bertz CT molecular complexity index is 616. The van der Waals surface area contributed by atoms with Crippen LogP contribution in [0.3, 0.4) is 0 Å². The number of halogens is 1. The lowest BCUT2D eigenvalue weighted by Gasteiger charge is -2.36. The van der Waals surface area contributed by atoms with Crippen LogP contribution in [0.4, 0.5) is 0 Å². The Labute approximate surface area is 199 Å². The molecule has 2 saturated heterocycles. The van der Waals surface area contributed by atoms with Crippen molar-refractivity contribution in [2.45, 2.75) is 38.3 Å². The normalized spacial score (nSPS) is 22.7. The predicted octanol–water partition coefficient (Wildman–Crippen LogP) is 3.22. The van der Waals surface area contributed by atoms with Crippen LogP contribution in [0.2, 0.25) is 0 Å². The molecule has 0 spiro atoms. The Balaban J connectivity index is 0.00000320. The zero-order chi connectivity index (χ0) is 20.3. The first-order valence-electron chi connectivity index (χ1n) is 11.1. The van der Waals surface area contributed by atoms with Crippen LogP contribution >= 0.6 is 24.0 Å². The van der Waals surface area contributed by atoms with Crippen molar-refractivity contribution in [1.29, 1.82) is 0 Å². The van der Waals surface area contributed by atoms with E-state index in [4.69, 9.17) is 9.47 Å². The Kier molecular flexibility index (Phi) is 12.0. The van der Waals surface area contributed by atoms with E-state index in [2.05, 4.69) is 50.4 Å². The second-order valence-electron chi connectivity index (χ2n) is 8.20. The van der Waals surface area contributed by atoms with Crippen LogP contribution in [0.5, 0.6) is 0 Å². The molecule has 30 heavy (non-hydrogen) atoms. The lowest BCUT2D eigenvalue weighted by Crippen LogP contribution is -2.49. The van der Waals surface area contributed by atoms with Gasteiger partial charge in [-0.2, -0.15) is 0 Å². The summed E-state index contributed by atoms with van der Waals surface area (Å²) in [6, 6.07) is 11.4. The first-order valence-corrected chi connectivity index (χ1v) is 11.1. The van der Waals surface area contributed by atoms with Gasteiger partial charge in [0, 0.05) is 52.3 Å². The highest BCUT2D eigenvalue weighted by Gasteiger charge is 2.27. The SMILES string of the molecule is CN=C(NCC1CCCCN1Cc1ccccc1)N1CCC(COCCOC)C1.I. The van der Waals surface area contributed by atoms with Gasteiger partial charge in [0.25, 0.3) is 0 Å². The molecule has 2 aliphatic rings. The van der Waals surface area contributed by atoms with Crippen LogP contribution < -0.4 is 5.32 Å². The van der Waals surface area contributed by atoms with E-state index in [1.165, 1.54) is 31.4 Å². The number of nitrogens with one attached hydrogen (secondary N) is 1. The van der Waals surface area contributed by atoms with Crippen LogP contribution in [0.1, 0.15) is 31.2 Å². The number of aliphatic imine (C=N–C) groups is 1. The number of nitrogens with zero attached hydrogens (tertiary/aromatic N) is 3. The smallest absolute Gasteiger partial charge is 0.193 e. The summed E-state index contributed by atoms with van der Waals surface area (Å²) in [5, 5.41) is 3.67. The van der Waals surface area contributed by atoms with E-state index in [1.54, 1.807) is 7.11 Å². The molecule has 0 aliphatic carbocycles. The van der Waals surface area contributed by atoms with Gasteiger partial charge in [-0.05, 0) is 31.4 Å². The average Bonchev–Trinajstić information content (AvgIpc) is 3.22. The summed E-state index contributed by atoms with van der Waals surface area (Å²) in [5.74, 6) is 1.62. The minimum atomic E-state index is 0. The molecule has 0 radical (unpaired) electrons. The molecule has 1 N–H and O–H groups in total. The lowest BCUT2D eigenvalue weighted by atomic mass is 10.0. The molecule has 1 aromatic rings. The van der Waals surface area contributed by atoms with Crippen LogP contribution in [0.25, 0.3) is 0 Å². The predicted molar refractivity (Wildman–Crippen MR) is 134 cm³/mol. The highest BCUT2D eigenvalue weighted by Crippen LogP contribution is 2.20. The van der Waals surface area contributed by atoms with E-state index in [-0.39, 0.29) is 24.0 Å². The van der Waals surface area contributed by atoms with E-state index >= 15 is 0 Å². The zero-order valence-electron chi connectivity index (χ0n) is 18.6. The molecule has 3 rings (SSSR count). The number of hydrogen-bond donors (Lipinski definition) is 1. The fraction of sp³-hybridized carbons (Fsp3) is 0.696. The maximum absolute atomic E-state index is 5.73. The summed E-state index contributed by atoms with van der Waals surface area (Å²) < 4.78 is 10.8. The first kappa shape index (κ1) is 25.4. The van der Waals surface area contributed by atoms with Gasteiger partial charge in [0.15, 0.2) is 5.96 Å². The number of likely N-dealkylation sites (tertiary alicyclic amines) is 2. The zero-order valence-corrected chi connectivity index (χ0v) is 20.9. The molecule has 0 saturated carbocycles. The number of methoxy groups -OCH3 is 1. The van der Waals surface area contributed by atoms with Crippen LogP contribution in [0, 0.1) is 5.92 Å². The highest BCUT2D eigenvalue weighted by atomic mass is 127. The van der Waals surface area contributed by atoms with Crippen molar-refractivity contribution in [2.24, 2.45) is 10.9 Å². The summed E-state index contributed by atoms with van der Waals surface area (Å²) in [7, 11) is 3.61. The Morgan fingerprint density at radius 2 is 1.97 bits per heavy atom. The summed E-state index contributed by atoms with van der Waals surface area (Å²) in [5.41, 5.74) is 1.40. The Morgan fingerprint density at radius 3 is 2.73 bits per heavy atom. The maximum Gasteiger partial charge on any atom is 0.193 e. The minimum absolute atomic E-state index is 0. The molecule has 0 bridgehead atoms. The Morgan fingerprint density at radius 1 is 1.13 bits per heavy atom. The molecule has 2 unspecified atom stereocenters. The van der Waals surface area contributed by atoms with Gasteiger partial charge in [-0.25, -0.2) is 0 Å². The fourth-order valence-corrected chi connectivity index (χ4v) is 4.41. The summed E-state index contributed by atoms with van der Waals surface area (Å²) in [4.78, 5) is 9.58. The van der Waals surface area contributed by atoms with E-state index in [1.807, 2.05) is 7.05 Å². The Hall–Kier alpha value is -0.900. The van der Waals surface area contributed by atoms with Gasteiger partial charge in [-0.3, -0.25) is 9.89 Å². The van der Waals surface area contributed by atoms with Crippen molar-refractivity contribution in [2.75, 3.05) is 60.2 Å². The number of piperidine rings is 1. The second kappa shape index (κ2) is 14.2. The van der Waals surface area contributed by atoms with E-state index < -0.39 is 0 Å². The number of rotatable bonds is 9. The van der Waals surface area contributed by atoms with Gasteiger partial charge >= 0.3 is 0 Å². The largest absolute Gasteiger partial charge is 0.382 e. The molecule has 1 aromatic carbocycles. The van der Waals surface area contributed by atoms with E-state index in [0.717, 1.165) is 45.2 Å². The van der Waals surface area contributed by atoms with Crippen molar-refractivity contribution in [3.05, 3.63) is 35.9 Å². The van der Waals surface area contributed by atoms with Gasteiger partial charge < -0.3 is 19.7 Å². The third-order valence-corrected chi connectivity index (χ3v) is 6.06. The molecule has 0 aromatic heterocycles. The van der Waals surface area contributed by atoms with Crippen LogP contribution in [0.15, 0.2) is 35.3 Å². The van der Waals surface area contributed by atoms with Crippen molar-refractivity contribution < 1.29 is 9.47 Å². The molecule has 6 nitrogen and oxygen atoms in total. The van der Waals surface area contributed by atoms with E-state index in [9.17, 15) is 0 Å². The van der Waals surface area contributed by atoms with Crippen LogP contribution in [-0.2, 0) is 16.0 Å². The average molecular weight is 530 g/mol. The molecule has 7 heteroatoms. The molecule has 0 amide bonds. The summed E-state index contributed by atoms with van der Waals surface area (Å²) in [6.45, 7) is 7.41. The third kappa shape index (κ3) is 7.98. The fourth-order valence-electron chi connectivity index (χ4n) is 4.41. The van der Waals surface area contributed by atoms with Crippen LogP contribution in [-0.4, -0.2) is 82.0 Å². The quantitative estimate of drug-likeness (QED) is 0.230. The van der Waals surface area contributed by atoms with Crippen molar-refractivity contribution >= 4 is 29.9 Å². The first-order chi connectivity index (χ1) is 14.3. The lowest BCUT2D eigenvalue weighted by molar-refractivity contribution is 0.0536. The van der Waals surface area contributed by atoms with E-state index in [0.29, 0.717) is 25.2 Å². The van der Waals surface area contributed by atoms with Gasteiger partial charge in [-0.15, -0.1) is 24.0 Å². The molecule has 2 aliphatic heterocycles. The van der Waals surface area contributed by atoms with Gasteiger partial charge in [0.2, 0.25) is 0 Å². The highest BCUT2D eigenvalue weighted by molar-refractivity contribution is 14.0. The van der Waals surface area contributed by atoms with Crippen molar-refractivity contribution in [3.8, 4) is 0 Å². The molecule has 2 fully saturated rings. The molecule has 2 heterocycles. The number of ether oxygens (including phenoxy) is 2. The molecule has 170 valence electrons. The number of hydrogen-bond acceptors (Lipinski definition) is 4. The molecular weight excluding hydrogens is 491 g/mol. The second-order valence-corrected chi connectivity index (χ2v) is 8.20. The van der Waals surface area contributed by atoms with Crippen molar-refractivity contribution in [3.63, 3.8) is 0 Å². The maximum atomic E-state index is 5.73. The van der Waals surface area contributed by atoms with Crippen molar-refractivity contribution in [1.82, 2.24) is 15.1 Å². The molecular formula is C23H39IN4O2. The third-order valence-electron chi connectivity index (χ3n) is 6.06. The van der Waals surface area contributed by atoms with Gasteiger partial charge in [0.05, 0.1) is 19.8 Å². The minimum Gasteiger partial charge on any atom is -0.382 e. The number of benzene rings is 1. The van der Waals surface area contributed by atoms with Gasteiger partial charge in [0.1, 0.15) is 0 Å². The standard InChI is InChI=1S/C23H38N4O2.HI/c1-24-23(27-13-11-21(18-27)19-29-15-14-28-2)25-16-22-10-6-7-12-26(22)17-20-8-4-3-5-9-20;/h3-5,8-9,21-22H,6-7,10-19H2,1-2H3,(H,24,25);1H. The summed E-state index contributed by atoms with van der Waals surface area (Å²) >= 11 is 0. The van der Waals surface area contributed by atoms with Gasteiger partial charge in [-0.1, -0.05) is 36.8 Å². The number of guanidine groups is 1. The summed E-state index contributed by atoms with van der Waals surface area (Å²) in [6.07, 6.45) is 5.04. The topological polar surface area (TPSA) is 49.3 Å².